The minimum absolute atomic E-state index is 0.0117. The highest BCUT2D eigenvalue weighted by Gasteiger charge is 2.25. The van der Waals surface area contributed by atoms with E-state index < -0.39 is 0 Å². The number of nitrogens with one attached hydrogen (secondary N) is 1. The molecule has 1 unspecified atom stereocenters. The number of aromatic nitrogens is 2. The zero-order chi connectivity index (χ0) is 18.4. The normalized spacial score (nSPS) is 21.6. The highest BCUT2D eigenvalue weighted by molar-refractivity contribution is 5.77. The third-order valence-electron chi connectivity index (χ3n) is 5.00. The van der Waals surface area contributed by atoms with Crippen molar-refractivity contribution >= 4 is 11.7 Å². The first-order valence-electron chi connectivity index (χ1n) is 9.40. The van der Waals surface area contributed by atoms with E-state index in [1.54, 1.807) is 24.3 Å². The first-order valence-corrected chi connectivity index (χ1v) is 9.40. The van der Waals surface area contributed by atoms with Crippen LogP contribution in [0.1, 0.15) is 32.1 Å². The van der Waals surface area contributed by atoms with Gasteiger partial charge in [-0.3, -0.25) is 9.59 Å². The molecule has 2 fully saturated rings. The molecule has 2 heterocycles. The smallest absolute Gasteiger partial charge is 0.293 e. The summed E-state index contributed by atoms with van der Waals surface area (Å²) in [5, 5.41) is 3.03. The van der Waals surface area contributed by atoms with Crippen LogP contribution in [-0.2, 0) is 21.3 Å². The molecule has 1 amide bonds. The van der Waals surface area contributed by atoms with Crippen molar-refractivity contribution in [3.05, 3.63) is 22.7 Å². The van der Waals surface area contributed by atoms with E-state index in [-0.39, 0.29) is 30.3 Å². The van der Waals surface area contributed by atoms with Crippen molar-refractivity contribution in [3.8, 4) is 0 Å². The summed E-state index contributed by atoms with van der Waals surface area (Å²) >= 11 is 0. The molecule has 1 atom stereocenters. The summed E-state index contributed by atoms with van der Waals surface area (Å²) in [6.45, 7) is 2.13. The summed E-state index contributed by atoms with van der Waals surface area (Å²) in [4.78, 5) is 30.2. The lowest BCUT2D eigenvalue weighted by Gasteiger charge is -2.33. The van der Waals surface area contributed by atoms with Crippen molar-refractivity contribution in [2.75, 3.05) is 38.2 Å². The molecule has 0 aromatic carbocycles. The number of carbonyl (C=O) groups is 1. The Labute approximate surface area is 153 Å². The summed E-state index contributed by atoms with van der Waals surface area (Å²) in [6, 6.07) is 0. The molecule has 0 bridgehead atoms. The van der Waals surface area contributed by atoms with Gasteiger partial charge in [-0.2, -0.15) is 0 Å². The van der Waals surface area contributed by atoms with Crippen molar-refractivity contribution in [1.82, 2.24) is 14.5 Å². The van der Waals surface area contributed by atoms with E-state index in [0.29, 0.717) is 32.1 Å². The van der Waals surface area contributed by atoms with Gasteiger partial charge in [0, 0.05) is 39.1 Å². The molecule has 0 spiro atoms. The first-order chi connectivity index (χ1) is 12.6. The molecule has 1 N–H and O–H groups in total. The average Bonchev–Trinajstić information content (AvgIpc) is 2.68. The van der Waals surface area contributed by atoms with Crippen molar-refractivity contribution in [1.29, 1.82) is 0 Å². The van der Waals surface area contributed by atoms with Crippen LogP contribution in [0.25, 0.3) is 0 Å². The molecule has 144 valence electrons. The Morgan fingerprint density at radius 3 is 3.00 bits per heavy atom. The molecule has 1 aromatic rings. The van der Waals surface area contributed by atoms with E-state index in [1.807, 2.05) is 0 Å². The third kappa shape index (κ3) is 5.04. The van der Waals surface area contributed by atoms with Crippen LogP contribution in [0.3, 0.4) is 0 Å². The minimum Gasteiger partial charge on any atom is -0.373 e. The summed E-state index contributed by atoms with van der Waals surface area (Å²) in [5.74, 6) is 0.306. The van der Waals surface area contributed by atoms with Crippen LogP contribution < -0.4 is 10.9 Å². The van der Waals surface area contributed by atoms with E-state index in [2.05, 4.69) is 10.3 Å². The lowest BCUT2D eigenvalue weighted by Crippen LogP contribution is -2.49. The summed E-state index contributed by atoms with van der Waals surface area (Å²) < 4.78 is 13.0. The van der Waals surface area contributed by atoms with Gasteiger partial charge in [-0.25, -0.2) is 4.98 Å². The van der Waals surface area contributed by atoms with Gasteiger partial charge in [0.25, 0.3) is 5.56 Å². The Balaban J connectivity index is 1.45. The standard InChI is InChI=1S/C18H28N4O4/c1-21-8-7-19-17(18(21)24)20-11-15-12-22(9-10-25-15)16(23)13-26-14-5-3-2-4-6-14/h7-8,14-15H,2-6,9-13H2,1H3,(H,19,20). The van der Waals surface area contributed by atoms with Crippen molar-refractivity contribution in [2.24, 2.45) is 7.05 Å². The van der Waals surface area contributed by atoms with E-state index in [0.717, 1.165) is 12.8 Å². The third-order valence-corrected chi connectivity index (χ3v) is 5.00. The van der Waals surface area contributed by atoms with Gasteiger partial charge in [0.2, 0.25) is 5.91 Å². The quantitative estimate of drug-likeness (QED) is 0.802. The van der Waals surface area contributed by atoms with Crippen LogP contribution in [0.5, 0.6) is 0 Å². The lowest BCUT2D eigenvalue weighted by atomic mass is 9.98. The van der Waals surface area contributed by atoms with Gasteiger partial charge in [0.1, 0.15) is 6.61 Å². The van der Waals surface area contributed by atoms with E-state index in [9.17, 15) is 9.59 Å². The molecule has 0 radical (unpaired) electrons. The van der Waals surface area contributed by atoms with Crippen LogP contribution in [-0.4, -0.2) is 65.4 Å². The predicted octanol–water partition coefficient (Wildman–Crippen LogP) is 0.769. The molecule has 8 nitrogen and oxygen atoms in total. The maximum absolute atomic E-state index is 12.4. The maximum atomic E-state index is 12.4. The topological polar surface area (TPSA) is 85.7 Å². The highest BCUT2D eigenvalue weighted by atomic mass is 16.5. The fourth-order valence-electron chi connectivity index (χ4n) is 3.41. The molecule has 1 aliphatic carbocycles. The molecule has 1 aromatic heterocycles. The lowest BCUT2D eigenvalue weighted by molar-refractivity contribution is -0.145. The van der Waals surface area contributed by atoms with Crippen molar-refractivity contribution in [3.63, 3.8) is 0 Å². The number of morpholine rings is 1. The molecule has 8 heteroatoms. The number of amides is 1. The number of hydrogen-bond donors (Lipinski definition) is 1. The zero-order valence-electron chi connectivity index (χ0n) is 15.4. The number of rotatable bonds is 6. The second kappa shape index (κ2) is 9.14. The number of anilines is 1. The monoisotopic (exact) mass is 364 g/mol. The van der Waals surface area contributed by atoms with Gasteiger partial charge in [-0.05, 0) is 12.8 Å². The molecule has 1 aliphatic heterocycles. The SMILES string of the molecule is Cn1ccnc(NCC2CN(C(=O)COC3CCCCC3)CCO2)c1=O. The summed E-state index contributed by atoms with van der Waals surface area (Å²) in [7, 11) is 1.68. The van der Waals surface area contributed by atoms with Gasteiger partial charge in [0.05, 0.1) is 18.8 Å². The fraction of sp³-hybridized carbons (Fsp3) is 0.722. The van der Waals surface area contributed by atoms with E-state index >= 15 is 0 Å². The van der Waals surface area contributed by atoms with Gasteiger partial charge >= 0.3 is 0 Å². The van der Waals surface area contributed by atoms with Gasteiger partial charge < -0.3 is 24.3 Å². The van der Waals surface area contributed by atoms with Crippen LogP contribution in [0.15, 0.2) is 17.2 Å². The second-order valence-corrected chi connectivity index (χ2v) is 6.98. The number of ether oxygens (including phenoxy) is 2. The van der Waals surface area contributed by atoms with E-state index in [4.69, 9.17) is 9.47 Å². The molecule has 3 rings (SSSR count). The Bertz CT molecular complexity index is 657. The first kappa shape index (κ1) is 18.8. The molecule has 1 saturated carbocycles. The van der Waals surface area contributed by atoms with Crippen LogP contribution in [0, 0.1) is 0 Å². The summed E-state index contributed by atoms with van der Waals surface area (Å²) in [5.41, 5.74) is -0.183. The Kier molecular flexibility index (Phi) is 6.62. The molecular weight excluding hydrogens is 336 g/mol. The number of carbonyl (C=O) groups excluding carboxylic acids is 1. The van der Waals surface area contributed by atoms with Crippen molar-refractivity contribution < 1.29 is 14.3 Å². The Morgan fingerprint density at radius 1 is 1.38 bits per heavy atom. The Morgan fingerprint density at radius 2 is 2.19 bits per heavy atom. The van der Waals surface area contributed by atoms with Gasteiger partial charge in [0.15, 0.2) is 5.82 Å². The van der Waals surface area contributed by atoms with Crippen molar-refractivity contribution in [2.45, 2.75) is 44.3 Å². The maximum Gasteiger partial charge on any atom is 0.293 e. The molecule has 2 aliphatic rings. The number of aryl methyl sites for hydroxylation is 1. The fourth-order valence-corrected chi connectivity index (χ4v) is 3.41. The van der Waals surface area contributed by atoms with Gasteiger partial charge in [-0.1, -0.05) is 19.3 Å². The van der Waals surface area contributed by atoms with Crippen LogP contribution >= 0.6 is 0 Å². The van der Waals surface area contributed by atoms with Gasteiger partial charge in [-0.15, -0.1) is 0 Å². The zero-order valence-corrected chi connectivity index (χ0v) is 15.4. The van der Waals surface area contributed by atoms with Crippen LogP contribution in [0.2, 0.25) is 0 Å². The average molecular weight is 364 g/mol. The highest BCUT2D eigenvalue weighted by Crippen LogP contribution is 2.20. The molecule has 1 saturated heterocycles. The Hall–Kier alpha value is -1.93. The predicted molar refractivity (Wildman–Crippen MR) is 97.1 cm³/mol. The number of nitrogens with zero attached hydrogens (tertiary/aromatic N) is 3. The molecular formula is C18H28N4O4. The van der Waals surface area contributed by atoms with E-state index in [1.165, 1.54) is 23.8 Å². The largest absolute Gasteiger partial charge is 0.373 e. The number of hydrogen-bond acceptors (Lipinski definition) is 6. The molecule has 26 heavy (non-hydrogen) atoms. The minimum atomic E-state index is -0.183. The summed E-state index contributed by atoms with van der Waals surface area (Å²) in [6.07, 6.45) is 9.01. The second-order valence-electron chi connectivity index (χ2n) is 6.98. The van der Waals surface area contributed by atoms with Crippen LogP contribution in [0.4, 0.5) is 5.82 Å².